The maximum atomic E-state index is 12.9. The van der Waals surface area contributed by atoms with Gasteiger partial charge in [0.2, 0.25) is 0 Å². The molecule has 0 bridgehead atoms. The van der Waals surface area contributed by atoms with E-state index in [0.29, 0.717) is 6.07 Å². The van der Waals surface area contributed by atoms with Gasteiger partial charge >= 0.3 is 6.18 Å². The predicted molar refractivity (Wildman–Crippen MR) is 58.9 cm³/mol. The van der Waals surface area contributed by atoms with Crippen molar-refractivity contribution in [3.8, 4) is 0 Å². The van der Waals surface area contributed by atoms with E-state index >= 15 is 0 Å². The number of hydrogen-bond acceptors (Lipinski definition) is 2. The van der Waals surface area contributed by atoms with Crippen molar-refractivity contribution in [3.63, 3.8) is 0 Å². The molecule has 0 saturated heterocycles. The molecule has 1 rings (SSSR count). The third-order valence-corrected chi connectivity index (χ3v) is 1.73. The van der Waals surface area contributed by atoms with Gasteiger partial charge in [0.15, 0.2) is 5.11 Å². The first-order chi connectivity index (χ1) is 7.79. The minimum atomic E-state index is -4.61. The number of halogens is 4. The van der Waals surface area contributed by atoms with Crippen molar-refractivity contribution >= 4 is 23.5 Å². The average molecular weight is 265 g/mol. The van der Waals surface area contributed by atoms with Crippen LogP contribution in [0.2, 0.25) is 0 Å². The van der Waals surface area contributed by atoms with Gasteiger partial charge in [0.05, 0.1) is 11.8 Å². The molecule has 3 N–H and O–H groups in total. The van der Waals surface area contributed by atoms with E-state index in [1.807, 2.05) is 0 Å². The highest BCUT2D eigenvalue weighted by atomic mass is 32.1. The molecule has 0 atom stereocenters. The summed E-state index contributed by atoms with van der Waals surface area (Å²) in [6.07, 6.45) is -3.63. The van der Waals surface area contributed by atoms with Crippen LogP contribution in [0.4, 0.5) is 17.6 Å². The van der Waals surface area contributed by atoms with Crippen molar-refractivity contribution in [1.82, 2.24) is 5.43 Å². The summed E-state index contributed by atoms with van der Waals surface area (Å²) in [4.78, 5) is 0. The van der Waals surface area contributed by atoms with E-state index in [0.717, 1.165) is 18.3 Å². The van der Waals surface area contributed by atoms with Gasteiger partial charge in [-0.15, -0.1) is 0 Å². The highest BCUT2D eigenvalue weighted by molar-refractivity contribution is 7.80. The Hall–Kier alpha value is -1.70. The van der Waals surface area contributed by atoms with Crippen LogP contribution in [0.5, 0.6) is 0 Å². The molecule has 8 heteroatoms. The van der Waals surface area contributed by atoms with Crippen molar-refractivity contribution < 1.29 is 17.6 Å². The summed E-state index contributed by atoms with van der Waals surface area (Å²) in [6.45, 7) is 0. The SMILES string of the molecule is NC(=S)N/N=C/c1cc(F)cc(C(F)(F)F)c1. The van der Waals surface area contributed by atoms with Gasteiger partial charge < -0.3 is 5.73 Å². The third kappa shape index (κ3) is 4.35. The van der Waals surface area contributed by atoms with Crippen LogP contribution < -0.4 is 11.2 Å². The quantitative estimate of drug-likeness (QED) is 0.372. The zero-order valence-electron chi connectivity index (χ0n) is 8.25. The fourth-order valence-electron chi connectivity index (χ4n) is 1.02. The maximum Gasteiger partial charge on any atom is 0.416 e. The number of hydrogen-bond donors (Lipinski definition) is 2. The van der Waals surface area contributed by atoms with Gasteiger partial charge in [0, 0.05) is 0 Å². The largest absolute Gasteiger partial charge is 0.416 e. The monoisotopic (exact) mass is 265 g/mol. The van der Waals surface area contributed by atoms with Gasteiger partial charge in [-0.2, -0.15) is 18.3 Å². The van der Waals surface area contributed by atoms with Crippen LogP contribution in [0.1, 0.15) is 11.1 Å². The summed E-state index contributed by atoms with van der Waals surface area (Å²) in [5.41, 5.74) is 6.04. The van der Waals surface area contributed by atoms with E-state index < -0.39 is 17.6 Å². The van der Waals surface area contributed by atoms with Crippen molar-refractivity contribution in [2.24, 2.45) is 10.8 Å². The third-order valence-electron chi connectivity index (χ3n) is 1.64. The molecule has 17 heavy (non-hydrogen) atoms. The lowest BCUT2D eigenvalue weighted by Crippen LogP contribution is -2.24. The van der Waals surface area contributed by atoms with E-state index in [2.05, 4.69) is 22.7 Å². The van der Waals surface area contributed by atoms with E-state index in [1.54, 1.807) is 0 Å². The Kier molecular flexibility index (Phi) is 4.00. The Morgan fingerprint density at radius 3 is 2.53 bits per heavy atom. The van der Waals surface area contributed by atoms with Crippen LogP contribution in [-0.4, -0.2) is 11.3 Å². The Bertz CT molecular complexity index is 456. The topological polar surface area (TPSA) is 50.4 Å². The number of alkyl halides is 3. The molecule has 0 radical (unpaired) electrons. The molecular weight excluding hydrogens is 258 g/mol. The molecule has 0 aliphatic heterocycles. The van der Waals surface area contributed by atoms with Gasteiger partial charge in [0.1, 0.15) is 5.82 Å². The number of thiocarbonyl (C=S) groups is 1. The first-order valence-electron chi connectivity index (χ1n) is 4.25. The molecule has 0 heterocycles. The fraction of sp³-hybridized carbons (Fsp3) is 0.111. The second-order valence-electron chi connectivity index (χ2n) is 3.01. The number of nitrogens with two attached hydrogens (primary N) is 1. The van der Waals surface area contributed by atoms with Gasteiger partial charge in [-0.25, -0.2) is 4.39 Å². The molecule has 0 aromatic heterocycles. The molecule has 0 saturated carbocycles. The highest BCUT2D eigenvalue weighted by Crippen LogP contribution is 2.30. The Morgan fingerprint density at radius 2 is 2.00 bits per heavy atom. The lowest BCUT2D eigenvalue weighted by Gasteiger charge is -2.07. The van der Waals surface area contributed by atoms with E-state index in [-0.39, 0.29) is 10.7 Å². The summed E-state index contributed by atoms with van der Waals surface area (Å²) in [7, 11) is 0. The van der Waals surface area contributed by atoms with Gasteiger partial charge in [0.25, 0.3) is 0 Å². The minimum absolute atomic E-state index is 0.0546. The molecule has 1 aromatic rings. The zero-order chi connectivity index (χ0) is 13.1. The highest BCUT2D eigenvalue weighted by Gasteiger charge is 2.31. The van der Waals surface area contributed by atoms with Gasteiger partial charge in [-0.3, -0.25) is 5.43 Å². The molecule has 0 spiro atoms. The molecule has 92 valence electrons. The van der Waals surface area contributed by atoms with Gasteiger partial charge in [-0.05, 0) is 36.0 Å². The Labute approximate surface area is 99.3 Å². The van der Waals surface area contributed by atoms with Crippen LogP contribution in [0.25, 0.3) is 0 Å². The van der Waals surface area contributed by atoms with Crippen molar-refractivity contribution in [2.45, 2.75) is 6.18 Å². The van der Waals surface area contributed by atoms with E-state index in [1.165, 1.54) is 0 Å². The van der Waals surface area contributed by atoms with Crippen molar-refractivity contribution in [3.05, 3.63) is 35.1 Å². The number of benzene rings is 1. The summed E-state index contributed by atoms with van der Waals surface area (Å²) in [5.74, 6) is -1.00. The summed E-state index contributed by atoms with van der Waals surface area (Å²) in [5, 5.41) is 3.29. The Morgan fingerprint density at radius 1 is 1.35 bits per heavy atom. The number of hydrazone groups is 1. The van der Waals surface area contributed by atoms with Crippen LogP contribution >= 0.6 is 12.2 Å². The first-order valence-corrected chi connectivity index (χ1v) is 4.66. The fourth-order valence-corrected chi connectivity index (χ4v) is 1.07. The standard InChI is InChI=1S/C9H7F4N3S/c10-7-2-5(4-15-16-8(14)17)1-6(3-7)9(11,12)13/h1-4H,(H3,14,16,17)/b15-4+. The lowest BCUT2D eigenvalue weighted by atomic mass is 10.1. The summed E-state index contributed by atoms with van der Waals surface area (Å²) >= 11 is 4.42. The molecule has 0 unspecified atom stereocenters. The second-order valence-corrected chi connectivity index (χ2v) is 3.45. The molecule has 3 nitrogen and oxygen atoms in total. The number of nitrogens with one attached hydrogen (secondary N) is 1. The predicted octanol–water partition coefficient (Wildman–Crippen LogP) is 2.01. The maximum absolute atomic E-state index is 12.9. The number of rotatable bonds is 2. The van der Waals surface area contributed by atoms with Crippen LogP contribution in [0, 0.1) is 5.82 Å². The van der Waals surface area contributed by atoms with E-state index in [4.69, 9.17) is 5.73 Å². The average Bonchev–Trinajstić information content (AvgIpc) is 2.14. The van der Waals surface area contributed by atoms with Gasteiger partial charge in [-0.1, -0.05) is 0 Å². The molecule has 0 aliphatic carbocycles. The van der Waals surface area contributed by atoms with Crippen molar-refractivity contribution in [1.29, 1.82) is 0 Å². The molecular formula is C9H7F4N3S. The summed E-state index contributed by atoms with van der Waals surface area (Å²) < 4.78 is 49.9. The molecule has 1 aromatic carbocycles. The summed E-state index contributed by atoms with van der Waals surface area (Å²) in [6, 6.07) is 2.06. The number of nitrogens with zero attached hydrogens (tertiary/aromatic N) is 1. The first kappa shape index (κ1) is 13.4. The Balaban J connectivity index is 2.98. The molecule has 0 amide bonds. The van der Waals surface area contributed by atoms with E-state index in [9.17, 15) is 17.6 Å². The molecule has 0 aliphatic rings. The zero-order valence-corrected chi connectivity index (χ0v) is 9.07. The second kappa shape index (κ2) is 5.09. The normalized spacial score (nSPS) is 11.8. The van der Waals surface area contributed by atoms with Crippen LogP contribution in [-0.2, 0) is 6.18 Å². The van der Waals surface area contributed by atoms with Crippen LogP contribution in [0.3, 0.4) is 0 Å². The van der Waals surface area contributed by atoms with Crippen molar-refractivity contribution in [2.75, 3.05) is 0 Å². The van der Waals surface area contributed by atoms with Crippen LogP contribution in [0.15, 0.2) is 23.3 Å². The molecule has 0 fully saturated rings. The lowest BCUT2D eigenvalue weighted by molar-refractivity contribution is -0.137. The smallest absolute Gasteiger partial charge is 0.375 e. The minimum Gasteiger partial charge on any atom is -0.375 e.